The van der Waals surface area contributed by atoms with Crippen molar-refractivity contribution in [1.29, 1.82) is 0 Å². The minimum atomic E-state index is -0.217. The second kappa shape index (κ2) is 8.94. The molecular weight excluding hydrogens is 404 g/mol. The van der Waals surface area contributed by atoms with Crippen molar-refractivity contribution in [2.24, 2.45) is 17.6 Å². The maximum Gasteiger partial charge on any atom is 0.141 e. The normalized spacial score (nSPS) is 24.4. The van der Waals surface area contributed by atoms with Gasteiger partial charge in [-0.25, -0.2) is 4.98 Å². The smallest absolute Gasteiger partial charge is 0.141 e. The van der Waals surface area contributed by atoms with Gasteiger partial charge in [-0.3, -0.25) is 0 Å². The number of rotatable bonds is 7. The molecule has 0 amide bonds. The molecule has 0 spiro atoms. The van der Waals surface area contributed by atoms with Crippen LogP contribution in [0.25, 0.3) is 11.0 Å². The molecule has 4 atom stereocenters. The van der Waals surface area contributed by atoms with Crippen LogP contribution in [0, 0.1) is 11.8 Å². The molecule has 3 aromatic rings. The van der Waals surface area contributed by atoms with E-state index in [1.54, 1.807) is 0 Å². The largest absolute Gasteiger partial charge is 0.362 e. The molecule has 1 saturated heterocycles. The van der Waals surface area contributed by atoms with E-state index in [1.807, 2.05) is 18.2 Å². The Labute approximate surface area is 189 Å². The first kappa shape index (κ1) is 21.0. The lowest BCUT2D eigenvalue weighted by atomic mass is 10.00. The standard InChI is InChI=1S/C25H32N4OS/c1-29-11-9-19(10-12-29)30-23(25-27-21-7-2-3-8-22(21)28-25)16-5-4-6-17(13-16)24(31)20-14-18(20)15-26/h2-8,13,18-20,23-24,31H,9-12,14-15,26H2,1H3,(H,27,28). The number of imidazole rings is 1. The number of likely N-dealkylation sites (tertiary alicyclic amines) is 1. The summed E-state index contributed by atoms with van der Waals surface area (Å²) in [7, 11) is 2.18. The van der Waals surface area contributed by atoms with Gasteiger partial charge in [-0.05, 0) is 68.0 Å². The Morgan fingerprint density at radius 1 is 1.16 bits per heavy atom. The van der Waals surface area contributed by atoms with Gasteiger partial charge in [-0.2, -0.15) is 12.6 Å². The fourth-order valence-corrected chi connectivity index (χ4v) is 5.32. The number of aromatic amines is 1. The van der Waals surface area contributed by atoms with E-state index in [4.69, 9.17) is 28.1 Å². The molecule has 31 heavy (non-hydrogen) atoms. The van der Waals surface area contributed by atoms with Crippen LogP contribution in [0.2, 0.25) is 0 Å². The Hall–Kier alpha value is -1.86. The number of piperidine rings is 1. The lowest BCUT2D eigenvalue weighted by Crippen LogP contribution is -2.35. The molecule has 1 aromatic heterocycles. The summed E-state index contributed by atoms with van der Waals surface area (Å²) in [6.45, 7) is 2.89. The van der Waals surface area contributed by atoms with Crippen LogP contribution in [0.15, 0.2) is 48.5 Å². The molecule has 1 aliphatic heterocycles. The first-order valence-corrected chi connectivity index (χ1v) is 11.9. The Balaban J connectivity index is 1.45. The van der Waals surface area contributed by atoms with Crippen LogP contribution < -0.4 is 5.73 Å². The molecule has 1 aliphatic carbocycles. The van der Waals surface area contributed by atoms with E-state index in [0.717, 1.165) is 54.9 Å². The van der Waals surface area contributed by atoms with Crippen molar-refractivity contribution in [2.45, 2.75) is 36.7 Å². The second-order valence-corrected chi connectivity index (χ2v) is 9.72. The number of para-hydroxylation sites is 2. The fraction of sp³-hybridized carbons (Fsp3) is 0.480. The zero-order valence-corrected chi connectivity index (χ0v) is 19.0. The van der Waals surface area contributed by atoms with Crippen molar-refractivity contribution in [2.75, 3.05) is 26.7 Å². The molecule has 0 bridgehead atoms. The third kappa shape index (κ3) is 4.53. The number of fused-ring (bicyclic) bond motifs is 1. The number of ether oxygens (including phenoxy) is 1. The van der Waals surface area contributed by atoms with Crippen LogP contribution in [0.4, 0.5) is 0 Å². The van der Waals surface area contributed by atoms with E-state index in [1.165, 1.54) is 12.0 Å². The highest BCUT2D eigenvalue weighted by molar-refractivity contribution is 7.80. The monoisotopic (exact) mass is 436 g/mol. The zero-order valence-electron chi connectivity index (χ0n) is 18.1. The number of nitrogens with two attached hydrogens (primary N) is 1. The first-order chi connectivity index (χ1) is 15.1. The van der Waals surface area contributed by atoms with E-state index in [2.05, 4.69) is 47.3 Å². The highest BCUT2D eigenvalue weighted by atomic mass is 32.1. The molecule has 5 rings (SSSR count). The lowest BCUT2D eigenvalue weighted by Gasteiger charge is -2.31. The number of nitrogens with zero attached hydrogens (tertiary/aromatic N) is 2. The molecule has 0 radical (unpaired) electrons. The molecule has 3 N–H and O–H groups in total. The topological polar surface area (TPSA) is 67.2 Å². The highest BCUT2D eigenvalue weighted by Gasteiger charge is 2.41. The minimum Gasteiger partial charge on any atom is -0.362 e. The second-order valence-electron chi connectivity index (χ2n) is 9.17. The summed E-state index contributed by atoms with van der Waals surface area (Å²) in [5.41, 5.74) is 10.3. The summed E-state index contributed by atoms with van der Waals surface area (Å²) in [4.78, 5) is 10.8. The maximum atomic E-state index is 6.73. The van der Waals surface area contributed by atoms with Crippen molar-refractivity contribution in [3.8, 4) is 0 Å². The molecule has 1 saturated carbocycles. The van der Waals surface area contributed by atoms with E-state index < -0.39 is 0 Å². The summed E-state index contributed by atoms with van der Waals surface area (Å²) in [5.74, 6) is 2.05. The van der Waals surface area contributed by atoms with Crippen LogP contribution >= 0.6 is 12.6 Å². The molecule has 164 valence electrons. The van der Waals surface area contributed by atoms with E-state index in [9.17, 15) is 0 Å². The van der Waals surface area contributed by atoms with Gasteiger partial charge >= 0.3 is 0 Å². The molecule has 4 unspecified atom stereocenters. The Morgan fingerprint density at radius 2 is 1.94 bits per heavy atom. The van der Waals surface area contributed by atoms with Gasteiger partial charge in [0.25, 0.3) is 0 Å². The molecule has 2 aromatic carbocycles. The number of nitrogens with one attached hydrogen (secondary N) is 1. The number of hydrogen-bond acceptors (Lipinski definition) is 5. The average molecular weight is 437 g/mol. The Bertz CT molecular complexity index is 996. The van der Waals surface area contributed by atoms with Crippen molar-refractivity contribution in [1.82, 2.24) is 14.9 Å². The van der Waals surface area contributed by atoms with E-state index >= 15 is 0 Å². The van der Waals surface area contributed by atoms with Crippen LogP contribution in [-0.4, -0.2) is 47.7 Å². The van der Waals surface area contributed by atoms with E-state index in [-0.39, 0.29) is 17.5 Å². The maximum absolute atomic E-state index is 6.73. The van der Waals surface area contributed by atoms with Crippen molar-refractivity contribution in [3.63, 3.8) is 0 Å². The molecule has 5 nitrogen and oxygen atoms in total. The summed E-state index contributed by atoms with van der Waals surface area (Å²) in [6, 6.07) is 16.9. The zero-order chi connectivity index (χ0) is 21.4. The quantitative estimate of drug-likeness (QED) is 0.482. The number of aromatic nitrogens is 2. The SMILES string of the molecule is CN1CCC(OC(c2cccc(C(S)C3CC3CN)c2)c2nc3ccccc3[nH]2)CC1. The number of hydrogen-bond donors (Lipinski definition) is 3. The predicted molar refractivity (Wildman–Crippen MR) is 128 cm³/mol. The van der Waals surface area contributed by atoms with Crippen molar-refractivity contribution in [3.05, 3.63) is 65.5 Å². The van der Waals surface area contributed by atoms with Crippen molar-refractivity contribution < 1.29 is 4.74 Å². The summed E-state index contributed by atoms with van der Waals surface area (Å²) < 4.78 is 6.73. The number of thiol groups is 1. The number of benzene rings is 2. The first-order valence-electron chi connectivity index (χ1n) is 11.4. The number of H-pyrrole nitrogens is 1. The van der Waals surface area contributed by atoms with Crippen LogP contribution in [0.5, 0.6) is 0 Å². The Kier molecular flexibility index (Phi) is 6.06. The third-order valence-corrected chi connectivity index (χ3v) is 7.57. The Morgan fingerprint density at radius 3 is 2.68 bits per heavy atom. The summed E-state index contributed by atoms with van der Waals surface area (Å²) in [5, 5.41) is 0.216. The summed E-state index contributed by atoms with van der Waals surface area (Å²) in [6.07, 6.45) is 3.28. The molecule has 6 heteroatoms. The fourth-order valence-electron chi connectivity index (χ4n) is 4.79. The van der Waals surface area contributed by atoms with Gasteiger partial charge < -0.3 is 20.4 Å². The molecule has 2 fully saturated rings. The lowest BCUT2D eigenvalue weighted by molar-refractivity contribution is -0.0264. The predicted octanol–water partition coefficient (Wildman–Crippen LogP) is 4.33. The van der Waals surface area contributed by atoms with Gasteiger partial charge in [-0.15, -0.1) is 0 Å². The third-order valence-electron chi connectivity index (χ3n) is 6.89. The summed E-state index contributed by atoms with van der Waals surface area (Å²) >= 11 is 4.95. The van der Waals surface area contributed by atoms with Gasteiger partial charge in [-0.1, -0.05) is 36.4 Å². The van der Waals surface area contributed by atoms with Crippen LogP contribution in [-0.2, 0) is 4.74 Å². The van der Waals surface area contributed by atoms with Gasteiger partial charge in [0.15, 0.2) is 0 Å². The minimum absolute atomic E-state index is 0.216. The highest BCUT2D eigenvalue weighted by Crippen LogP contribution is 2.50. The van der Waals surface area contributed by atoms with Gasteiger partial charge in [0.1, 0.15) is 11.9 Å². The molecule has 2 aliphatic rings. The molecule has 2 heterocycles. The van der Waals surface area contributed by atoms with Gasteiger partial charge in [0, 0.05) is 18.3 Å². The van der Waals surface area contributed by atoms with E-state index in [0.29, 0.717) is 11.8 Å². The van der Waals surface area contributed by atoms with Crippen LogP contribution in [0.1, 0.15) is 47.6 Å². The van der Waals surface area contributed by atoms with Crippen LogP contribution in [0.3, 0.4) is 0 Å². The average Bonchev–Trinajstić information content (AvgIpc) is 3.47. The molecular formula is C25H32N4OS. The van der Waals surface area contributed by atoms with Gasteiger partial charge in [0.2, 0.25) is 0 Å². The van der Waals surface area contributed by atoms with Gasteiger partial charge in [0.05, 0.1) is 17.1 Å². The van der Waals surface area contributed by atoms with Crippen molar-refractivity contribution >= 4 is 23.7 Å².